The highest BCUT2D eigenvalue weighted by atomic mass is 16.3. The summed E-state index contributed by atoms with van der Waals surface area (Å²) in [6, 6.07) is 13.6. The first kappa shape index (κ1) is 19.4. The van der Waals surface area contributed by atoms with Gasteiger partial charge in [0.1, 0.15) is 11.6 Å². The van der Waals surface area contributed by atoms with E-state index in [0.717, 1.165) is 22.5 Å². The fraction of sp³-hybridized carbons (Fsp3) is 0.150. The van der Waals surface area contributed by atoms with E-state index in [9.17, 15) is 5.11 Å². The topological polar surface area (TPSA) is 136 Å². The second-order valence-electron chi connectivity index (χ2n) is 6.75. The third-order valence-electron chi connectivity index (χ3n) is 4.81. The summed E-state index contributed by atoms with van der Waals surface area (Å²) in [6.07, 6.45) is 2.94. The molecule has 3 aromatic heterocycles. The molecule has 0 radical (unpaired) electrons. The smallest absolute Gasteiger partial charge is 0.162 e. The summed E-state index contributed by atoms with van der Waals surface area (Å²) in [5.74, 6) is 7.53. The van der Waals surface area contributed by atoms with Gasteiger partial charge in [-0.2, -0.15) is 10.2 Å². The van der Waals surface area contributed by atoms with Gasteiger partial charge < -0.3 is 16.2 Å². The largest absolute Gasteiger partial charge is 0.403 e. The third kappa shape index (κ3) is 3.45. The third-order valence-corrected chi connectivity index (χ3v) is 4.81. The number of nitrogens with zero attached hydrogens (tertiary/aromatic N) is 6. The van der Waals surface area contributed by atoms with Crippen LogP contribution in [0.3, 0.4) is 0 Å². The summed E-state index contributed by atoms with van der Waals surface area (Å²) in [5.41, 5.74) is 9.05. The monoisotopic (exact) mass is 405 g/mol. The van der Waals surface area contributed by atoms with Crippen molar-refractivity contribution in [2.24, 2.45) is 25.7 Å². The maximum atomic E-state index is 9.55. The van der Waals surface area contributed by atoms with Crippen LogP contribution in [-0.4, -0.2) is 36.3 Å². The van der Waals surface area contributed by atoms with Crippen LogP contribution in [0.5, 0.6) is 0 Å². The molecule has 0 fully saturated rings. The number of rotatable bonds is 6. The van der Waals surface area contributed by atoms with E-state index in [1.165, 1.54) is 11.2 Å². The van der Waals surface area contributed by atoms with E-state index in [-0.39, 0.29) is 6.61 Å². The molecule has 30 heavy (non-hydrogen) atoms. The van der Waals surface area contributed by atoms with Crippen molar-refractivity contribution in [2.45, 2.75) is 0 Å². The highest BCUT2D eigenvalue weighted by molar-refractivity contribution is 5.92. The first-order valence-corrected chi connectivity index (χ1v) is 9.27. The Morgan fingerprint density at radius 1 is 1.20 bits per heavy atom. The van der Waals surface area contributed by atoms with E-state index in [4.69, 9.17) is 11.6 Å². The van der Waals surface area contributed by atoms with Crippen molar-refractivity contribution in [1.82, 2.24) is 24.5 Å². The van der Waals surface area contributed by atoms with Gasteiger partial charge in [-0.25, -0.2) is 10.8 Å². The number of aryl methyl sites for hydroxylation is 2. The number of aliphatic hydroxyl groups is 1. The Morgan fingerprint density at radius 2 is 1.97 bits per heavy atom. The van der Waals surface area contributed by atoms with Gasteiger partial charge in [-0.15, -0.1) is 0 Å². The van der Waals surface area contributed by atoms with Gasteiger partial charge in [-0.05, 0) is 0 Å². The molecule has 6 N–H and O–H groups in total. The lowest BCUT2D eigenvalue weighted by Crippen LogP contribution is -2.32. The molecule has 0 aliphatic heterocycles. The average Bonchev–Trinajstić information content (AvgIpc) is 3.32. The predicted octanol–water partition coefficient (Wildman–Crippen LogP) is 1.58. The molecule has 0 atom stereocenters. The Hall–Kier alpha value is -3.89. The summed E-state index contributed by atoms with van der Waals surface area (Å²) in [7, 11) is 3.65. The second-order valence-corrected chi connectivity index (χ2v) is 6.75. The molecule has 0 spiro atoms. The maximum Gasteiger partial charge on any atom is 0.162 e. The number of benzene rings is 1. The van der Waals surface area contributed by atoms with Crippen molar-refractivity contribution >= 4 is 28.4 Å². The van der Waals surface area contributed by atoms with Gasteiger partial charge in [0, 0.05) is 38.0 Å². The minimum absolute atomic E-state index is 0.304. The lowest BCUT2D eigenvalue weighted by Gasteiger charge is -2.21. The molecule has 10 nitrogen and oxygen atoms in total. The van der Waals surface area contributed by atoms with Crippen LogP contribution in [0.1, 0.15) is 0 Å². The zero-order valence-electron chi connectivity index (χ0n) is 16.7. The van der Waals surface area contributed by atoms with Crippen LogP contribution < -0.4 is 21.9 Å². The van der Waals surface area contributed by atoms with Crippen LogP contribution >= 0.6 is 0 Å². The summed E-state index contributed by atoms with van der Waals surface area (Å²) in [6.45, 7) is -0.304. The molecule has 154 valence electrons. The number of hydrazine groups is 1. The number of nitrogens with two attached hydrogens (primary N) is 2. The van der Waals surface area contributed by atoms with Gasteiger partial charge in [0.15, 0.2) is 5.65 Å². The van der Waals surface area contributed by atoms with Gasteiger partial charge in [-0.1, -0.05) is 30.3 Å². The van der Waals surface area contributed by atoms with Crippen LogP contribution in [0.4, 0.5) is 17.3 Å². The SMILES string of the molecule is Cn1nc(-c2ccccc2)cc1Nc1cc(N(N)/C(=C\N)CO)c2cnn(C)c2n1. The fourth-order valence-electron chi connectivity index (χ4n) is 3.19. The zero-order valence-corrected chi connectivity index (χ0v) is 16.7. The molecule has 0 saturated heterocycles. The molecular formula is C20H23N9O. The lowest BCUT2D eigenvalue weighted by atomic mass is 10.1. The standard InChI is InChI=1S/C20H23N9O/c1-27-19(8-16(26-27)13-6-4-3-5-7-13)24-18-9-17(29(22)14(10-21)12-30)15-11-23-28(2)20(15)25-18/h3-11,30H,12,21-22H2,1-2H3,(H,24,25)/b14-10-. The Bertz CT molecular complexity index is 1210. The fourth-order valence-corrected chi connectivity index (χ4v) is 3.19. The minimum Gasteiger partial charge on any atom is -0.403 e. The summed E-state index contributed by atoms with van der Waals surface area (Å²) in [5, 5.41) is 23.8. The van der Waals surface area contributed by atoms with Gasteiger partial charge in [0.2, 0.25) is 0 Å². The van der Waals surface area contributed by atoms with Gasteiger partial charge in [0.25, 0.3) is 0 Å². The molecule has 0 bridgehead atoms. The molecule has 0 aliphatic carbocycles. The molecule has 0 amide bonds. The van der Waals surface area contributed by atoms with E-state index in [1.54, 1.807) is 28.7 Å². The summed E-state index contributed by atoms with van der Waals surface area (Å²) >= 11 is 0. The van der Waals surface area contributed by atoms with Gasteiger partial charge in [0.05, 0.1) is 35.3 Å². The first-order chi connectivity index (χ1) is 14.5. The van der Waals surface area contributed by atoms with Crippen molar-refractivity contribution in [3.05, 3.63) is 60.6 Å². The van der Waals surface area contributed by atoms with Crippen LogP contribution in [0.2, 0.25) is 0 Å². The molecule has 4 aromatic rings. The first-order valence-electron chi connectivity index (χ1n) is 9.27. The van der Waals surface area contributed by atoms with Gasteiger partial charge in [-0.3, -0.25) is 14.4 Å². The molecule has 0 unspecified atom stereocenters. The number of fused-ring (bicyclic) bond motifs is 1. The van der Waals surface area contributed by atoms with E-state index < -0.39 is 0 Å². The normalized spacial score (nSPS) is 11.8. The molecule has 3 heterocycles. The molecule has 4 rings (SSSR count). The van der Waals surface area contributed by atoms with Crippen molar-refractivity contribution in [2.75, 3.05) is 16.9 Å². The Labute approximate surface area is 173 Å². The number of nitrogens with one attached hydrogen (secondary N) is 1. The maximum absolute atomic E-state index is 9.55. The van der Waals surface area contributed by atoms with Crippen molar-refractivity contribution in [3.8, 4) is 11.3 Å². The number of pyridine rings is 1. The Kier molecular flexibility index (Phi) is 5.09. The predicted molar refractivity (Wildman–Crippen MR) is 116 cm³/mol. The molecular weight excluding hydrogens is 382 g/mol. The van der Waals surface area contributed by atoms with Crippen molar-refractivity contribution in [3.63, 3.8) is 0 Å². The van der Waals surface area contributed by atoms with Crippen molar-refractivity contribution in [1.29, 1.82) is 0 Å². The van der Waals surface area contributed by atoms with Crippen molar-refractivity contribution < 1.29 is 5.11 Å². The highest BCUT2D eigenvalue weighted by Gasteiger charge is 2.17. The summed E-state index contributed by atoms with van der Waals surface area (Å²) < 4.78 is 3.40. The summed E-state index contributed by atoms with van der Waals surface area (Å²) in [4.78, 5) is 4.66. The van der Waals surface area contributed by atoms with E-state index in [0.29, 0.717) is 22.8 Å². The lowest BCUT2D eigenvalue weighted by molar-refractivity contribution is 0.327. The molecule has 0 aliphatic rings. The van der Waals surface area contributed by atoms with Gasteiger partial charge >= 0.3 is 0 Å². The van der Waals surface area contributed by atoms with Crippen LogP contribution in [0.25, 0.3) is 22.3 Å². The Balaban J connectivity index is 1.75. The van der Waals surface area contributed by atoms with E-state index in [1.807, 2.05) is 43.4 Å². The molecule has 0 saturated carbocycles. The molecule has 10 heteroatoms. The quantitative estimate of drug-likeness (QED) is 0.280. The average molecular weight is 405 g/mol. The Morgan fingerprint density at radius 3 is 2.67 bits per heavy atom. The highest BCUT2D eigenvalue weighted by Crippen LogP contribution is 2.30. The van der Waals surface area contributed by atoms with Crippen LogP contribution in [-0.2, 0) is 14.1 Å². The van der Waals surface area contributed by atoms with Crippen LogP contribution in [0.15, 0.2) is 60.6 Å². The van der Waals surface area contributed by atoms with E-state index in [2.05, 4.69) is 20.5 Å². The van der Waals surface area contributed by atoms with E-state index >= 15 is 0 Å². The minimum atomic E-state index is -0.304. The number of hydrogen-bond donors (Lipinski definition) is 4. The zero-order chi connectivity index (χ0) is 21.3. The number of aromatic nitrogens is 5. The van der Waals surface area contributed by atoms with Crippen LogP contribution in [0, 0.1) is 0 Å². The second kappa shape index (κ2) is 7.85. The number of aliphatic hydroxyl groups excluding tert-OH is 1. The molecule has 1 aromatic carbocycles. The number of hydrogen-bond acceptors (Lipinski definition) is 8. The number of anilines is 3.